The average Bonchev–Trinajstić information content (AvgIpc) is 2.57. The first kappa shape index (κ1) is 15.7. The molecule has 1 aliphatic heterocycles. The van der Waals surface area contributed by atoms with Crippen LogP contribution in [0, 0.1) is 0 Å². The summed E-state index contributed by atoms with van der Waals surface area (Å²) in [5.74, 6) is 0.819. The molecule has 0 radical (unpaired) electrons. The van der Waals surface area contributed by atoms with Gasteiger partial charge in [0.15, 0.2) is 0 Å². The molecular formula is C18H19ClN2O2. The third-order valence-electron chi connectivity index (χ3n) is 3.90. The van der Waals surface area contributed by atoms with E-state index >= 15 is 0 Å². The van der Waals surface area contributed by atoms with Crippen LogP contribution in [0.2, 0.25) is 5.02 Å². The number of amides is 1. The number of para-hydroxylation sites is 2. The van der Waals surface area contributed by atoms with Crippen LogP contribution in [0.1, 0.15) is 12.5 Å². The number of hydrogen-bond acceptors (Lipinski definition) is 3. The van der Waals surface area contributed by atoms with Crippen molar-refractivity contribution in [1.82, 2.24) is 5.32 Å². The number of anilines is 1. The Hall–Kier alpha value is -2.20. The number of nitrogens with one attached hydrogen (secondary N) is 1. The molecule has 3 rings (SSSR count). The summed E-state index contributed by atoms with van der Waals surface area (Å²) in [5, 5.41) is 3.65. The zero-order valence-electron chi connectivity index (χ0n) is 13.0. The molecule has 0 fully saturated rings. The lowest BCUT2D eigenvalue weighted by molar-refractivity contribution is -0.120. The van der Waals surface area contributed by atoms with Gasteiger partial charge >= 0.3 is 0 Å². The SMILES string of the molecule is CC1COc2ccccc2N1CC(=O)NCc1ccc(Cl)cc1. The van der Waals surface area contributed by atoms with Crippen LogP contribution in [-0.4, -0.2) is 25.1 Å². The second kappa shape index (κ2) is 6.92. The quantitative estimate of drug-likeness (QED) is 0.935. The molecule has 4 nitrogen and oxygen atoms in total. The van der Waals surface area contributed by atoms with Crippen LogP contribution in [0.15, 0.2) is 48.5 Å². The number of halogens is 1. The van der Waals surface area contributed by atoms with E-state index in [1.165, 1.54) is 0 Å². The highest BCUT2D eigenvalue weighted by Gasteiger charge is 2.25. The van der Waals surface area contributed by atoms with Crippen LogP contribution in [0.4, 0.5) is 5.69 Å². The molecule has 0 aromatic heterocycles. The van der Waals surface area contributed by atoms with Gasteiger partial charge in [0.25, 0.3) is 0 Å². The van der Waals surface area contributed by atoms with Crippen LogP contribution in [0.3, 0.4) is 0 Å². The Morgan fingerprint density at radius 3 is 2.78 bits per heavy atom. The summed E-state index contributed by atoms with van der Waals surface area (Å²) in [6.45, 7) is 3.45. The monoisotopic (exact) mass is 330 g/mol. The summed E-state index contributed by atoms with van der Waals surface area (Å²) in [6, 6.07) is 15.4. The number of carbonyl (C=O) groups is 1. The molecular weight excluding hydrogens is 312 g/mol. The van der Waals surface area contributed by atoms with Gasteiger partial charge in [-0.25, -0.2) is 0 Å². The van der Waals surface area contributed by atoms with Gasteiger partial charge in [-0.15, -0.1) is 0 Å². The Kier molecular flexibility index (Phi) is 4.72. The molecule has 0 saturated heterocycles. The molecule has 2 aromatic carbocycles. The van der Waals surface area contributed by atoms with Crippen molar-refractivity contribution in [2.75, 3.05) is 18.1 Å². The second-order valence-corrected chi connectivity index (χ2v) is 6.10. The van der Waals surface area contributed by atoms with Gasteiger partial charge in [-0.2, -0.15) is 0 Å². The topological polar surface area (TPSA) is 41.6 Å². The van der Waals surface area contributed by atoms with Crippen LogP contribution in [-0.2, 0) is 11.3 Å². The molecule has 120 valence electrons. The highest BCUT2D eigenvalue weighted by atomic mass is 35.5. The van der Waals surface area contributed by atoms with Gasteiger partial charge < -0.3 is 15.0 Å². The van der Waals surface area contributed by atoms with Crippen molar-refractivity contribution in [3.8, 4) is 5.75 Å². The van der Waals surface area contributed by atoms with E-state index in [1.54, 1.807) is 0 Å². The first-order valence-electron chi connectivity index (χ1n) is 7.63. The number of rotatable bonds is 4. The maximum Gasteiger partial charge on any atom is 0.239 e. The van der Waals surface area contributed by atoms with Gasteiger partial charge in [0.2, 0.25) is 5.91 Å². The first-order chi connectivity index (χ1) is 11.1. The molecule has 1 heterocycles. The van der Waals surface area contributed by atoms with E-state index in [4.69, 9.17) is 16.3 Å². The van der Waals surface area contributed by atoms with Gasteiger partial charge in [0.1, 0.15) is 12.4 Å². The van der Waals surface area contributed by atoms with Gasteiger partial charge in [-0.05, 0) is 36.8 Å². The molecule has 5 heteroatoms. The fourth-order valence-electron chi connectivity index (χ4n) is 2.61. The van der Waals surface area contributed by atoms with E-state index in [2.05, 4.69) is 17.1 Å². The van der Waals surface area contributed by atoms with Crippen LogP contribution >= 0.6 is 11.6 Å². The largest absolute Gasteiger partial charge is 0.489 e. The first-order valence-corrected chi connectivity index (χ1v) is 8.01. The van der Waals surface area contributed by atoms with Gasteiger partial charge in [-0.1, -0.05) is 35.9 Å². The zero-order chi connectivity index (χ0) is 16.2. The Balaban J connectivity index is 1.62. The van der Waals surface area contributed by atoms with Crippen molar-refractivity contribution in [3.05, 3.63) is 59.1 Å². The molecule has 1 N–H and O–H groups in total. The summed E-state index contributed by atoms with van der Waals surface area (Å²) in [5.41, 5.74) is 1.99. The van der Waals surface area contributed by atoms with Crippen molar-refractivity contribution < 1.29 is 9.53 Å². The third kappa shape index (κ3) is 3.77. The highest BCUT2D eigenvalue weighted by molar-refractivity contribution is 6.30. The van der Waals surface area contributed by atoms with E-state index in [0.717, 1.165) is 17.0 Å². The predicted molar refractivity (Wildman–Crippen MR) is 92.0 cm³/mol. The highest BCUT2D eigenvalue weighted by Crippen LogP contribution is 2.33. The maximum absolute atomic E-state index is 12.3. The Morgan fingerprint density at radius 2 is 2.00 bits per heavy atom. The van der Waals surface area contributed by atoms with Crippen molar-refractivity contribution in [3.63, 3.8) is 0 Å². The number of fused-ring (bicyclic) bond motifs is 1. The van der Waals surface area contributed by atoms with Crippen LogP contribution in [0.5, 0.6) is 5.75 Å². The standard InChI is InChI=1S/C18H19ClN2O2/c1-13-12-23-17-5-3-2-4-16(17)21(13)11-18(22)20-10-14-6-8-15(19)9-7-14/h2-9,13H,10-12H2,1H3,(H,20,22). The Labute approximate surface area is 141 Å². The van der Waals surface area contributed by atoms with Crippen LogP contribution < -0.4 is 15.0 Å². The van der Waals surface area contributed by atoms with Crippen molar-refractivity contribution in [2.45, 2.75) is 19.5 Å². The number of ether oxygens (including phenoxy) is 1. The van der Waals surface area contributed by atoms with Crippen molar-refractivity contribution >= 4 is 23.2 Å². The molecule has 23 heavy (non-hydrogen) atoms. The third-order valence-corrected chi connectivity index (χ3v) is 4.16. The maximum atomic E-state index is 12.3. The number of benzene rings is 2. The van der Waals surface area contributed by atoms with Crippen LogP contribution in [0.25, 0.3) is 0 Å². The summed E-state index contributed by atoms with van der Waals surface area (Å²) in [7, 11) is 0. The summed E-state index contributed by atoms with van der Waals surface area (Å²) in [4.78, 5) is 14.4. The van der Waals surface area contributed by atoms with Gasteiger partial charge in [0, 0.05) is 11.6 Å². The normalized spacial score (nSPS) is 16.4. The van der Waals surface area contributed by atoms with E-state index in [0.29, 0.717) is 24.7 Å². The predicted octanol–water partition coefficient (Wildman–Crippen LogP) is 3.24. The lowest BCUT2D eigenvalue weighted by Crippen LogP contribution is -2.46. The average molecular weight is 331 g/mol. The van der Waals surface area contributed by atoms with E-state index < -0.39 is 0 Å². The minimum atomic E-state index is -0.0106. The van der Waals surface area contributed by atoms with E-state index in [-0.39, 0.29) is 11.9 Å². The van der Waals surface area contributed by atoms with Gasteiger partial charge in [0.05, 0.1) is 18.3 Å². The Bertz CT molecular complexity index is 688. The Morgan fingerprint density at radius 1 is 1.26 bits per heavy atom. The summed E-state index contributed by atoms with van der Waals surface area (Å²) >= 11 is 5.86. The van der Waals surface area contributed by atoms with E-state index in [1.807, 2.05) is 48.5 Å². The molecule has 1 unspecified atom stereocenters. The summed E-state index contributed by atoms with van der Waals surface area (Å²) in [6.07, 6.45) is 0. The minimum absolute atomic E-state index is 0.0106. The van der Waals surface area contributed by atoms with Gasteiger partial charge in [-0.3, -0.25) is 4.79 Å². The minimum Gasteiger partial charge on any atom is -0.489 e. The molecule has 0 bridgehead atoms. The molecule has 2 aromatic rings. The van der Waals surface area contributed by atoms with Crippen molar-refractivity contribution in [1.29, 1.82) is 0 Å². The zero-order valence-corrected chi connectivity index (χ0v) is 13.7. The lowest BCUT2D eigenvalue weighted by atomic mass is 10.1. The van der Waals surface area contributed by atoms with Crippen molar-refractivity contribution in [2.24, 2.45) is 0 Å². The fraction of sp³-hybridized carbons (Fsp3) is 0.278. The molecule has 0 spiro atoms. The number of carbonyl (C=O) groups excluding carboxylic acids is 1. The summed E-state index contributed by atoms with van der Waals surface area (Å²) < 4.78 is 5.70. The number of hydrogen-bond donors (Lipinski definition) is 1. The molecule has 0 aliphatic carbocycles. The van der Waals surface area contributed by atoms with E-state index in [9.17, 15) is 4.79 Å². The molecule has 1 amide bonds. The second-order valence-electron chi connectivity index (χ2n) is 5.66. The number of nitrogens with zero attached hydrogens (tertiary/aromatic N) is 1. The smallest absolute Gasteiger partial charge is 0.239 e. The molecule has 1 atom stereocenters. The lowest BCUT2D eigenvalue weighted by Gasteiger charge is -2.36. The molecule has 1 aliphatic rings. The fourth-order valence-corrected chi connectivity index (χ4v) is 2.73. The molecule has 0 saturated carbocycles.